The van der Waals surface area contributed by atoms with E-state index in [2.05, 4.69) is 0 Å². The van der Waals surface area contributed by atoms with Gasteiger partial charge in [-0.1, -0.05) is 11.6 Å². The van der Waals surface area contributed by atoms with Gasteiger partial charge in [-0.25, -0.2) is 0 Å². The lowest BCUT2D eigenvalue weighted by Crippen LogP contribution is -2.33. The summed E-state index contributed by atoms with van der Waals surface area (Å²) in [5.41, 5.74) is 0.818. The van der Waals surface area contributed by atoms with Crippen molar-refractivity contribution in [3.63, 3.8) is 0 Å². The predicted octanol–water partition coefficient (Wildman–Crippen LogP) is 3.72. The van der Waals surface area contributed by atoms with E-state index in [-0.39, 0.29) is 4.91 Å². The molecule has 0 bridgehead atoms. The first-order chi connectivity index (χ1) is 11.4. The van der Waals surface area contributed by atoms with Crippen molar-refractivity contribution in [2.24, 2.45) is 0 Å². The molecule has 0 radical (unpaired) electrons. The summed E-state index contributed by atoms with van der Waals surface area (Å²) < 4.78 is 5.64. The van der Waals surface area contributed by atoms with Crippen LogP contribution < -0.4 is 0 Å². The first kappa shape index (κ1) is 16.4. The highest BCUT2D eigenvalue weighted by molar-refractivity contribution is 8.18. The molecule has 1 aromatic carbocycles. The van der Waals surface area contributed by atoms with Gasteiger partial charge in [0, 0.05) is 16.7 Å². The van der Waals surface area contributed by atoms with Gasteiger partial charge < -0.3 is 9.52 Å². The standard InChI is InChI=1S/C16H10ClNO5S/c17-10-3-1-9(2-4-10)12-6-5-11(23-12)7-13-15(21)18(8-14(19)20)16(22)24-13/h1-7H,8H2,(H,19,20)/b13-7+. The van der Waals surface area contributed by atoms with Gasteiger partial charge in [0.15, 0.2) is 0 Å². The quantitative estimate of drug-likeness (QED) is 0.833. The zero-order chi connectivity index (χ0) is 17.3. The number of hydrogen-bond donors (Lipinski definition) is 1. The van der Waals surface area contributed by atoms with E-state index in [0.29, 0.717) is 33.2 Å². The second-order valence-electron chi connectivity index (χ2n) is 4.87. The van der Waals surface area contributed by atoms with Gasteiger partial charge in [0.25, 0.3) is 11.1 Å². The van der Waals surface area contributed by atoms with E-state index < -0.39 is 23.7 Å². The fraction of sp³-hybridized carbons (Fsp3) is 0.0625. The van der Waals surface area contributed by atoms with Crippen molar-refractivity contribution in [2.75, 3.05) is 6.54 Å². The summed E-state index contributed by atoms with van der Waals surface area (Å²) in [5, 5.41) is 8.73. The Labute approximate surface area is 145 Å². The van der Waals surface area contributed by atoms with Crippen molar-refractivity contribution in [3.05, 3.63) is 52.1 Å². The molecule has 1 N–H and O–H groups in total. The molecule has 2 aromatic rings. The highest BCUT2D eigenvalue weighted by Crippen LogP contribution is 2.33. The number of carbonyl (C=O) groups is 3. The second kappa shape index (κ2) is 6.54. The summed E-state index contributed by atoms with van der Waals surface area (Å²) in [6.45, 7) is -0.657. The lowest BCUT2D eigenvalue weighted by Gasteiger charge is -2.07. The third-order valence-corrected chi connectivity index (χ3v) is 4.36. The molecule has 1 fully saturated rings. The van der Waals surface area contributed by atoms with E-state index in [1.165, 1.54) is 6.08 Å². The molecule has 0 unspecified atom stereocenters. The average Bonchev–Trinajstić information content (AvgIpc) is 3.09. The van der Waals surface area contributed by atoms with Gasteiger partial charge in [-0.2, -0.15) is 0 Å². The highest BCUT2D eigenvalue weighted by atomic mass is 35.5. The Morgan fingerprint density at radius 2 is 1.92 bits per heavy atom. The van der Waals surface area contributed by atoms with Gasteiger partial charge in [0.2, 0.25) is 0 Å². The fourth-order valence-electron chi connectivity index (χ4n) is 2.10. The van der Waals surface area contributed by atoms with Crippen LogP contribution in [0, 0.1) is 0 Å². The van der Waals surface area contributed by atoms with E-state index in [1.54, 1.807) is 36.4 Å². The number of thioether (sulfide) groups is 1. The maximum Gasteiger partial charge on any atom is 0.323 e. The van der Waals surface area contributed by atoms with Crippen LogP contribution in [0.2, 0.25) is 5.02 Å². The van der Waals surface area contributed by atoms with E-state index in [1.807, 2.05) is 0 Å². The van der Waals surface area contributed by atoms with Gasteiger partial charge in [-0.05, 0) is 48.2 Å². The molecule has 0 atom stereocenters. The van der Waals surface area contributed by atoms with Gasteiger partial charge in [-0.3, -0.25) is 19.3 Å². The zero-order valence-electron chi connectivity index (χ0n) is 12.1. The molecule has 8 heteroatoms. The maximum absolute atomic E-state index is 12.1. The summed E-state index contributed by atoms with van der Waals surface area (Å²) in [6, 6.07) is 10.5. The number of imide groups is 1. The minimum atomic E-state index is -1.25. The van der Waals surface area contributed by atoms with E-state index in [4.69, 9.17) is 21.1 Å². The molecule has 6 nitrogen and oxygen atoms in total. The summed E-state index contributed by atoms with van der Waals surface area (Å²) in [4.78, 5) is 35.3. The smallest absolute Gasteiger partial charge is 0.323 e. The van der Waals surface area contributed by atoms with Gasteiger partial charge in [-0.15, -0.1) is 0 Å². The average molecular weight is 364 g/mol. The summed E-state index contributed by atoms with van der Waals surface area (Å²) >= 11 is 6.52. The van der Waals surface area contributed by atoms with Crippen LogP contribution >= 0.6 is 23.4 Å². The molecule has 0 spiro atoms. The Morgan fingerprint density at radius 3 is 2.58 bits per heavy atom. The molecular formula is C16H10ClNO5S. The van der Waals surface area contributed by atoms with Crippen LogP contribution in [0.3, 0.4) is 0 Å². The number of carboxylic acids is 1. The first-order valence-electron chi connectivity index (χ1n) is 6.77. The Balaban J connectivity index is 1.82. The van der Waals surface area contributed by atoms with Gasteiger partial charge >= 0.3 is 5.97 Å². The second-order valence-corrected chi connectivity index (χ2v) is 6.30. The molecule has 122 valence electrons. The van der Waals surface area contributed by atoms with Crippen LogP contribution in [0.1, 0.15) is 5.76 Å². The lowest BCUT2D eigenvalue weighted by atomic mass is 10.2. The molecule has 1 aromatic heterocycles. The molecule has 3 rings (SSSR count). The molecule has 1 aliphatic rings. The number of halogens is 1. The Morgan fingerprint density at radius 1 is 1.21 bits per heavy atom. The predicted molar refractivity (Wildman–Crippen MR) is 89.5 cm³/mol. The molecule has 1 aliphatic heterocycles. The van der Waals surface area contributed by atoms with E-state index in [9.17, 15) is 14.4 Å². The Hall–Kier alpha value is -2.51. The monoisotopic (exact) mass is 363 g/mol. The maximum atomic E-state index is 12.1. The normalized spacial score (nSPS) is 16.2. The summed E-state index contributed by atoms with van der Waals surface area (Å²) in [7, 11) is 0. The van der Waals surface area contributed by atoms with Gasteiger partial charge in [0.05, 0.1) is 4.91 Å². The zero-order valence-corrected chi connectivity index (χ0v) is 13.6. The fourth-order valence-corrected chi connectivity index (χ4v) is 3.04. The topological polar surface area (TPSA) is 87.8 Å². The van der Waals surface area contributed by atoms with Crippen LogP contribution in [0.25, 0.3) is 17.4 Å². The number of amides is 2. The van der Waals surface area contributed by atoms with Crippen LogP contribution in [0.4, 0.5) is 4.79 Å². The van der Waals surface area contributed by atoms with Crippen molar-refractivity contribution in [2.45, 2.75) is 0 Å². The molecule has 2 heterocycles. The number of benzene rings is 1. The number of furan rings is 1. The summed E-state index contributed by atoms with van der Waals surface area (Å²) in [6.07, 6.45) is 1.42. The van der Waals surface area contributed by atoms with Crippen molar-refractivity contribution in [3.8, 4) is 11.3 Å². The first-order valence-corrected chi connectivity index (χ1v) is 7.96. The van der Waals surface area contributed by atoms with E-state index in [0.717, 1.165) is 5.56 Å². The van der Waals surface area contributed by atoms with Crippen LogP contribution in [0.5, 0.6) is 0 Å². The Kier molecular flexibility index (Phi) is 4.46. The SMILES string of the molecule is O=C(O)CN1C(=O)S/C(=C/c2ccc(-c3ccc(Cl)cc3)o2)C1=O. The van der Waals surface area contributed by atoms with Crippen LogP contribution in [-0.2, 0) is 9.59 Å². The van der Waals surface area contributed by atoms with E-state index >= 15 is 0 Å². The number of carbonyl (C=O) groups excluding carboxylic acids is 2. The third-order valence-electron chi connectivity index (χ3n) is 3.20. The minimum Gasteiger partial charge on any atom is -0.480 e. The summed E-state index contributed by atoms with van der Waals surface area (Å²) in [5.74, 6) is -0.915. The minimum absolute atomic E-state index is 0.123. The number of aliphatic carboxylic acids is 1. The number of nitrogens with zero attached hydrogens (tertiary/aromatic N) is 1. The van der Waals surface area contributed by atoms with Crippen molar-refractivity contribution >= 4 is 46.6 Å². The molecule has 1 saturated heterocycles. The van der Waals surface area contributed by atoms with Crippen LogP contribution in [-0.4, -0.2) is 33.7 Å². The lowest BCUT2D eigenvalue weighted by molar-refractivity contribution is -0.140. The molecule has 0 saturated carbocycles. The number of rotatable bonds is 4. The van der Waals surface area contributed by atoms with Crippen molar-refractivity contribution in [1.82, 2.24) is 4.90 Å². The molecule has 24 heavy (non-hydrogen) atoms. The molecule has 0 aliphatic carbocycles. The van der Waals surface area contributed by atoms with Crippen molar-refractivity contribution in [1.29, 1.82) is 0 Å². The largest absolute Gasteiger partial charge is 0.480 e. The molecular weight excluding hydrogens is 354 g/mol. The highest BCUT2D eigenvalue weighted by Gasteiger charge is 2.36. The third kappa shape index (κ3) is 3.37. The van der Waals surface area contributed by atoms with Crippen molar-refractivity contribution < 1.29 is 23.9 Å². The Bertz CT molecular complexity index is 856. The number of carboxylic acid groups (broad SMARTS) is 1. The number of hydrogen-bond acceptors (Lipinski definition) is 5. The van der Waals surface area contributed by atoms with Crippen LogP contribution in [0.15, 0.2) is 45.7 Å². The van der Waals surface area contributed by atoms with Gasteiger partial charge in [0.1, 0.15) is 18.1 Å². The molecule has 2 amide bonds.